The lowest BCUT2D eigenvalue weighted by Crippen LogP contribution is -2.39. The summed E-state index contributed by atoms with van der Waals surface area (Å²) in [6.45, 7) is 10.9. The Bertz CT molecular complexity index is 419. The first-order valence-electron chi connectivity index (χ1n) is 7.70. The molecule has 1 aliphatic heterocycles. The summed E-state index contributed by atoms with van der Waals surface area (Å²) in [5, 5.41) is 3.50. The molecular formula is C16H28N4. The average molecular weight is 276 g/mol. The van der Waals surface area contributed by atoms with E-state index in [2.05, 4.69) is 54.0 Å². The predicted octanol–water partition coefficient (Wildman–Crippen LogP) is 2.11. The second-order valence-corrected chi connectivity index (χ2v) is 6.18. The Morgan fingerprint density at radius 3 is 2.95 bits per heavy atom. The third-order valence-electron chi connectivity index (χ3n) is 3.89. The SMILES string of the molecule is CC(C)NCc1cccnc1N1CCCN(C)CC1C. The molecule has 1 aromatic rings. The van der Waals surface area contributed by atoms with Gasteiger partial charge in [0, 0.05) is 43.5 Å². The highest BCUT2D eigenvalue weighted by molar-refractivity contribution is 5.47. The van der Waals surface area contributed by atoms with Crippen LogP contribution in [0.2, 0.25) is 0 Å². The van der Waals surface area contributed by atoms with Crippen LogP contribution in [0.4, 0.5) is 5.82 Å². The Morgan fingerprint density at radius 1 is 1.40 bits per heavy atom. The summed E-state index contributed by atoms with van der Waals surface area (Å²) in [5.74, 6) is 1.16. The first kappa shape index (κ1) is 15.3. The molecule has 20 heavy (non-hydrogen) atoms. The van der Waals surface area contributed by atoms with E-state index in [1.807, 2.05) is 12.3 Å². The number of likely N-dealkylation sites (N-methyl/N-ethyl adjacent to an activating group) is 1. The molecule has 1 aromatic heterocycles. The third-order valence-corrected chi connectivity index (χ3v) is 3.89. The van der Waals surface area contributed by atoms with Gasteiger partial charge in [-0.1, -0.05) is 19.9 Å². The van der Waals surface area contributed by atoms with Gasteiger partial charge in [0.25, 0.3) is 0 Å². The van der Waals surface area contributed by atoms with Crippen molar-refractivity contribution >= 4 is 5.82 Å². The Kier molecular flexibility index (Phi) is 5.38. The van der Waals surface area contributed by atoms with Gasteiger partial charge in [-0.3, -0.25) is 0 Å². The Balaban J connectivity index is 2.17. The molecule has 1 unspecified atom stereocenters. The highest BCUT2D eigenvalue weighted by Gasteiger charge is 2.22. The summed E-state index contributed by atoms with van der Waals surface area (Å²) in [5.41, 5.74) is 1.30. The maximum atomic E-state index is 4.66. The maximum Gasteiger partial charge on any atom is 0.133 e. The van der Waals surface area contributed by atoms with Crippen molar-refractivity contribution in [1.82, 2.24) is 15.2 Å². The molecule has 0 spiro atoms. The van der Waals surface area contributed by atoms with Gasteiger partial charge in [0.05, 0.1) is 0 Å². The van der Waals surface area contributed by atoms with Crippen LogP contribution in [0.25, 0.3) is 0 Å². The highest BCUT2D eigenvalue weighted by atomic mass is 15.3. The van der Waals surface area contributed by atoms with Gasteiger partial charge in [-0.15, -0.1) is 0 Å². The molecule has 4 heteroatoms. The number of aromatic nitrogens is 1. The molecule has 2 rings (SSSR count). The van der Waals surface area contributed by atoms with Crippen LogP contribution in [0.5, 0.6) is 0 Å². The zero-order valence-corrected chi connectivity index (χ0v) is 13.3. The summed E-state index contributed by atoms with van der Waals surface area (Å²) in [6.07, 6.45) is 3.12. The smallest absolute Gasteiger partial charge is 0.133 e. The van der Waals surface area contributed by atoms with Crippen molar-refractivity contribution in [3.05, 3.63) is 23.9 Å². The van der Waals surface area contributed by atoms with E-state index >= 15 is 0 Å². The lowest BCUT2D eigenvalue weighted by molar-refractivity contribution is 0.337. The third kappa shape index (κ3) is 3.93. The summed E-state index contributed by atoms with van der Waals surface area (Å²) >= 11 is 0. The molecule has 0 saturated carbocycles. The van der Waals surface area contributed by atoms with Crippen LogP contribution in [-0.4, -0.2) is 48.6 Å². The van der Waals surface area contributed by atoms with E-state index in [4.69, 9.17) is 0 Å². The van der Waals surface area contributed by atoms with Crippen LogP contribution in [0, 0.1) is 0 Å². The number of nitrogens with zero attached hydrogens (tertiary/aromatic N) is 3. The number of hydrogen-bond donors (Lipinski definition) is 1. The first-order chi connectivity index (χ1) is 9.58. The Labute approximate surface area is 123 Å². The predicted molar refractivity (Wildman–Crippen MR) is 85.1 cm³/mol. The van der Waals surface area contributed by atoms with Crippen molar-refractivity contribution in [2.75, 3.05) is 31.6 Å². The minimum absolute atomic E-state index is 0.496. The van der Waals surface area contributed by atoms with Crippen LogP contribution < -0.4 is 10.2 Å². The Morgan fingerprint density at radius 2 is 2.20 bits per heavy atom. The maximum absolute atomic E-state index is 4.66. The van der Waals surface area contributed by atoms with Crippen LogP contribution in [0.15, 0.2) is 18.3 Å². The van der Waals surface area contributed by atoms with E-state index in [1.165, 1.54) is 18.5 Å². The minimum atomic E-state index is 0.496. The summed E-state index contributed by atoms with van der Waals surface area (Å²) < 4.78 is 0. The highest BCUT2D eigenvalue weighted by Crippen LogP contribution is 2.22. The number of rotatable bonds is 4. The average Bonchev–Trinajstić information content (AvgIpc) is 2.57. The normalized spacial score (nSPS) is 21.2. The van der Waals surface area contributed by atoms with Crippen LogP contribution in [-0.2, 0) is 6.54 Å². The van der Waals surface area contributed by atoms with Gasteiger partial charge in [-0.2, -0.15) is 0 Å². The van der Waals surface area contributed by atoms with E-state index in [0.717, 1.165) is 25.5 Å². The van der Waals surface area contributed by atoms with Crippen molar-refractivity contribution in [3.63, 3.8) is 0 Å². The van der Waals surface area contributed by atoms with Crippen molar-refractivity contribution in [2.45, 2.75) is 45.8 Å². The van der Waals surface area contributed by atoms with E-state index in [1.54, 1.807) is 0 Å². The van der Waals surface area contributed by atoms with Crippen LogP contribution in [0.1, 0.15) is 32.8 Å². The van der Waals surface area contributed by atoms with Gasteiger partial charge >= 0.3 is 0 Å². The van der Waals surface area contributed by atoms with Crippen molar-refractivity contribution in [1.29, 1.82) is 0 Å². The van der Waals surface area contributed by atoms with Crippen molar-refractivity contribution in [2.24, 2.45) is 0 Å². The number of nitrogens with one attached hydrogen (secondary N) is 1. The molecule has 1 saturated heterocycles. The summed E-state index contributed by atoms with van der Waals surface area (Å²) in [7, 11) is 2.21. The fourth-order valence-electron chi connectivity index (χ4n) is 2.83. The molecule has 4 nitrogen and oxygen atoms in total. The second-order valence-electron chi connectivity index (χ2n) is 6.18. The number of anilines is 1. The van der Waals surface area contributed by atoms with Gasteiger partial charge in [0.1, 0.15) is 5.82 Å². The minimum Gasteiger partial charge on any atom is -0.352 e. The number of hydrogen-bond acceptors (Lipinski definition) is 4. The first-order valence-corrected chi connectivity index (χ1v) is 7.70. The summed E-state index contributed by atoms with van der Waals surface area (Å²) in [4.78, 5) is 9.55. The van der Waals surface area contributed by atoms with E-state index < -0.39 is 0 Å². The molecule has 1 atom stereocenters. The fourth-order valence-corrected chi connectivity index (χ4v) is 2.83. The largest absolute Gasteiger partial charge is 0.352 e. The van der Waals surface area contributed by atoms with E-state index in [-0.39, 0.29) is 0 Å². The molecule has 1 fully saturated rings. The second kappa shape index (κ2) is 7.04. The summed E-state index contributed by atoms with van der Waals surface area (Å²) in [6, 6.07) is 5.24. The molecule has 0 aliphatic carbocycles. The quantitative estimate of drug-likeness (QED) is 0.912. The zero-order valence-electron chi connectivity index (χ0n) is 13.3. The lowest BCUT2D eigenvalue weighted by atomic mass is 10.2. The van der Waals surface area contributed by atoms with Gasteiger partial charge < -0.3 is 15.1 Å². The van der Waals surface area contributed by atoms with Crippen LogP contribution >= 0.6 is 0 Å². The molecule has 0 amide bonds. The molecule has 0 aromatic carbocycles. The Hall–Kier alpha value is -1.13. The molecular weight excluding hydrogens is 248 g/mol. The molecule has 2 heterocycles. The molecule has 1 aliphatic rings. The fraction of sp³-hybridized carbons (Fsp3) is 0.688. The van der Waals surface area contributed by atoms with E-state index in [9.17, 15) is 0 Å². The van der Waals surface area contributed by atoms with Crippen molar-refractivity contribution in [3.8, 4) is 0 Å². The molecule has 0 radical (unpaired) electrons. The molecule has 1 N–H and O–H groups in total. The van der Waals surface area contributed by atoms with E-state index in [0.29, 0.717) is 12.1 Å². The van der Waals surface area contributed by atoms with Gasteiger partial charge in [0.2, 0.25) is 0 Å². The lowest BCUT2D eigenvalue weighted by Gasteiger charge is -2.30. The van der Waals surface area contributed by atoms with Gasteiger partial charge in [-0.05, 0) is 33.0 Å². The van der Waals surface area contributed by atoms with Crippen LogP contribution in [0.3, 0.4) is 0 Å². The van der Waals surface area contributed by atoms with Gasteiger partial charge in [-0.25, -0.2) is 4.98 Å². The molecule has 112 valence electrons. The van der Waals surface area contributed by atoms with Crippen molar-refractivity contribution < 1.29 is 0 Å². The number of pyridine rings is 1. The topological polar surface area (TPSA) is 31.4 Å². The standard InChI is InChI=1S/C16H28N4/c1-13(2)18-11-15-7-5-8-17-16(15)20-10-6-9-19(4)12-14(20)3/h5,7-8,13-14,18H,6,9-12H2,1-4H3. The zero-order chi connectivity index (χ0) is 14.5. The van der Waals surface area contributed by atoms with Gasteiger partial charge in [0.15, 0.2) is 0 Å². The molecule has 0 bridgehead atoms. The monoisotopic (exact) mass is 276 g/mol.